The van der Waals surface area contributed by atoms with Gasteiger partial charge in [0.25, 0.3) is 0 Å². The van der Waals surface area contributed by atoms with Crippen LogP contribution in [0.3, 0.4) is 0 Å². The number of hydrogen-bond acceptors (Lipinski definition) is 4. The van der Waals surface area contributed by atoms with Crippen LogP contribution in [-0.2, 0) is 9.59 Å². The number of hydrogen-bond donors (Lipinski definition) is 1. The number of aromatic amines is 1. The summed E-state index contributed by atoms with van der Waals surface area (Å²) in [5, 5.41) is 0. The Morgan fingerprint density at radius 3 is 2.76 bits per heavy atom. The number of carbonyl (C=O) groups excluding carboxylic acids is 2. The number of carbonyl (C=O) groups is 2. The number of nitrogens with one attached hydrogen (secondary N) is 1. The second-order valence-electron chi connectivity index (χ2n) is 3.86. The Morgan fingerprint density at radius 1 is 1.24 bits per heavy atom. The number of fused-ring (bicyclic) bond motifs is 1. The fraction of sp³-hybridized carbons (Fsp3) is 0.182. The van der Waals surface area contributed by atoms with E-state index < -0.39 is 5.76 Å². The minimum atomic E-state index is -0.578. The van der Waals surface area contributed by atoms with Gasteiger partial charge in [0.1, 0.15) is 0 Å². The molecule has 1 aliphatic rings. The van der Waals surface area contributed by atoms with Gasteiger partial charge in [-0.3, -0.25) is 14.6 Å². The third-order valence-corrected chi connectivity index (χ3v) is 2.70. The van der Waals surface area contributed by atoms with Crippen molar-refractivity contribution in [2.24, 2.45) is 0 Å². The molecule has 6 heteroatoms. The van der Waals surface area contributed by atoms with E-state index in [1.54, 1.807) is 18.2 Å². The summed E-state index contributed by atoms with van der Waals surface area (Å²) in [7, 11) is 0. The highest BCUT2D eigenvalue weighted by atomic mass is 16.4. The molecule has 1 aliphatic heterocycles. The zero-order valence-corrected chi connectivity index (χ0v) is 8.73. The number of benzene rings is 1. The lowest BCUT2D eigenvalue weighted by Crippen LogP contribution is -2.24. The molecule has 0 spiro atoms. The maximum absolute atomic E-state index is 11.6. The van der Waals surface area contributed by atoms with E-state index in [0.29, 0.717) is 16.8 Å². The Morgan fingerprint density at radius 2 is 2.06 bits per heavy atom. The van der Waals surface area contributed by atoms with Crippen molar-refractivity contribution in [1.82, 2.24) is 4.98 Å². The highest BCUT2D eigenvalue weighted by Gasteiger charge is 2.30. The van der Waals surface area contributed by atoms with E-state index in [1.807, 2.05) is 0 Å². The van der Waals surface area contributed by atoms with Gasteiger partial charge in [-0.1, -0.05) is 6.07 Å². The van der Waals surface area contributed by atoms with Crippen LogP contribution in [0.25, 0.3) is 11.1 Å². The van der Waals surface area contributed by atoms with E-state index in [9.17, 15) is 14.4 Å². The van der Waals surface area contributed by atoms with E-state index in [4.69, 9.17) is 4.42 Å². The number of amides is 1. The van der Waals surface area contributed by atoms with E-state index in [0.717, 1.165) is 0 Å². The summed E-state index contributed by atoms with van der Waals surface area (Å²) in [6.07, 6.45) is -0.0922. The fourth-order valence-corrected chi connectivity index (χ4v) is 1.98. The van der Waals surface area contributed by atoms with Crippen molar-refractivity contribution in [2.75, 3.05) is 11.4 Å². The first-order valence-electron chi connectivity index (χ1n) is 5.09. The van der Waals surface area contributed by atoms with Crippen molar-refractivity contribution in [2.45, 2.75) is 6.42 Å². The van der Waals surface area contributed by atoms with Crippen LogP contribution in [0.15, 0.2) is 27.4 Å². The van der Waals surface area contributed by atoms with E-state index in [1.165, 1.54) is 4.90 Å². The monoisotopic (exact) mass is 232 g/mol. The first-order chi connectivity index (χ1) is 8.15. The number of rotatable bonds is 1. The van der Waals surface area contributed by atoms with Crippen LogP contribution in [-0.4, -0.2) is 23.2 Å². The molecular formula is C11H8N2O4. The van der Waals surface area contributed by atoms with Gasteiger partial charge in [0.2, 0.25) is 5.91 Å². The van der Waals surface area contributed by atoms with E-state index in [-0.39, 0.29) is 24.7 Å². The summed E-state index contributed by atoms with van der Waals surface area (Å²) in [5.74, 6) is -0.985. The third kappa shape index (κ3) is 1.45. The lowest BCUT2D eigenvalue weighted by molar-refractivity contribution is -0.121. The summed E-state index contributed by atoms with van der Waals surface area (Å²) < 4.78 is 4.98. The number of aromatic nitrogens is 1. The highest BCUT2D eigenvalue weighted by molar-refractivity contribution is 6.16. The number of H-pyrrole nitrogens is 1. The average Bonchev–Trinajstić information content (AvgIpc) is 2.79. The first kappa shape index (κ1) is 9.83. The fourth-order valence-electron chi connectivity index (χ4n) is 1.98. The second kappa shape index (κ2) is 3.31. The van der Waals surface area contributed by atoms with Gasteiger partial charge in [0.15, 0.2) is 11.4 Å². The lowest BCUT2D eigenvalue weighted by atomic mass is 10.2. The molecular weight excluding hydrogens is 224 g/mol. The van der Waals surface area contributed by atoms with Crippen LogP contribution in [0, 0.1) is 0 Å². The molecule has 1 aromatic heterocycles. The molecule has 86 valence electrons. The van der Waals surface area contributed by atoms with Crippen LogP contribution in [0.2, 0.25) is 0 Å². The summed E-state index contributed by atoms with van der Waals surface area (Å²) in [6.45, 7) is 0.0346. The van der Waals surface area contributed by atoms with Crippen LogP contribution < -0.4 is 10.7 Å². The standard InChI is InChI=1S/C11H8N2O4/c14-6-4-9(15)13(5-6)8-3-1-2-7-10(8)17-11(16)12-7/h1-3H,4-5H2,(H,12,16). The molecule has 0 aliphatic carbocycles. The Bertz CT molecular complexity index is 682. The molecule has 1 amide bonds. The molecule has 1 N–H and O–H groups in total. The smallest absolute Gasteiger partial charge is 0.406 e. The van der Waals surface area contributed by atoms with Crippen molar-refractivity contribution in [3.63, 3.8) is 0 Å². The Hall–Kier alpha value is -2.37. The van der Waals surface area contributed by atoms with Crippen molar-refractivity contribution < 1.29 is 14.0 Å². The predicted molar refractivity (Wildman–Crippen MR) is 58.8 cm³/mol. The number of para-hydroxylation sites is 1. The van der Waals surface area contributed by atoms with Crippen molar-refractivity contribution in [3.05, 3.63) is 28.7 Å². The van der Waals surface area contributed by atoms with Crippen molar-refractivity contribution >= 4 is 28.5 Å². The minimum Gasteiger partial charge on any atom is -0.406 e. The Balaban J connectivity index is 2.20. The largest absolute Gasteiger partial charge is 0.417 e. The van der Waals surface area contributed by atoms with Gasteiger partial charge in [-0.2, -0.15) is 0 Å². The molecule has 0 bridgehead atoms. The topological polar surface area (TPSA) is 83.4 Å². The van der Waals surface area contributed by atoms with Gasteiger partial charge in [-0.15, -0.1) is 0 Å². The number of anilines is 1. The van der Waals surface area contributed by atoms with Gasteiger partial charge in [-0.25, -0.2) is 4.79 Å². The van der Waals surface area contributed by atoms with E-state index >= 15 is 0 Å². The molecule has 1 saturated heterocycles. The number of ketones is 1. The van der Waals surface area contributed by atoms with Gasteiger partial charge >= 0.3 is 5.76 Å². The summed E-state index contributed by atoms with van der Waals surface area (Å²) >= 11 is 0. The van der Waals surface area contributed by atoms with Gasteiger partial charge in [0, 0.05) is 0 Å². The summed E-state index contributed by atoms with van der Waals surface area (Å²) in [6, 6.07) is 5.01. The van der Waals surface area contributed by atoms with Crippen molar-refractivity contribution in [1.29, 1.82) is 0 Å². The molecule has 1 fully saturated rings. The molecule has 17 heavy (non-hydrogen) atoms. The average molecular weight is 232 g/mol. The third-order valence-electron chi connectivity index (χ3n) is 2.70. The Kier molecular flexibility index (Phi) is 1.91. The molecule has 2 heterocycles. The molecule has 6 nitrogen and oxygen atoms in total. The molecule has 2 aromatic rings. The Labute approximate surface area is 94.8 Å². The number of nitrogens with zero attached hydrogens (tertiary/aromatic N) is 1. The molecule has 0 radical (unpaired) electrons. The van der Waals surface area contributed by atoms with Gasteiger partial charge in [0.05, 0.1) is 24.2 Å². The highest BCUT2D eigenvalue weighted by Crippen LogP contribution is 2.27. The molecule has 0 saturated carbocycles. The predicted octanol–water partition coefficient (Wildman–Crippen LogP) is 0.427. The van der Waals surface area contributed by atoms with Crippen LogP contribution in [0.1, 0.15) is 6.42 Å². The number of oxazole rings is 1. The molecule has 0 unspecified atom stereocenters. The molecule has 3 rings (SSSR count). The normalized spacial score (nSPS) is 16.1. The van der Waals surface area contributed by atoms with Gasteiger partial charge in [-0.05, 0) is 12.1 Å². The van der Waals surface area contributed by atoms with E-state index in [2.05, 4.69) is 4.98 Å². The van der Waals surface area contributed by atoms with Crippen LogP contribution in [0.4, 0.5) is 5.69 Å². The molecule has 0 atom stereocenters. The first-order valence-corrected chi connectivity index (χ1v) is 5.09. The minimum absolute atomic E-state index is 0.0346. The maximum Gasteiger partial charge on any atom is 0.417 e. The SMILES string of the molecule is O=C1CC(=O)N(c2cccc3[nH]c(=O)oc23)C1. The zero-order valence-electron chi connectivity index (χ0n) is 8.73. The molecule has 1 aromatic carbocycles. The number of Topliss-reactive ketones (excluding diaryl/α,β-unsaturated/α-hetero) is 1. The van der Waals surface area contributed by atoms with Crippen LogP contribution in [0.5, 0.6) is 0 Å². The van der Waals surface area contributed by atoms with Crippen LogP contribution >= 0.6 is 0 Å². The second-order valence-corrected chi connectivity index (χ2v) is 3.86. The summed E-state index contributed by atoms with van der Waals surface area (Å²) in [5.41, 5.74) is 1.27. The van der Waals surface area contributed by atoms with Crippen molar-refractivity contribution in [3.8, 4) is 0 Å². The van der Waals surface area contributed by atoms with Gasteiger partial charge < -0.3 is 9.32 Å². The zero-order chi connectivity index (χ0) is 12.0. The quantitative estimate of drug-likeness (QED) is 0.722. The lowest BCUT2D eigenvalue weighted by Gasteiger charge is -2.14. The summed E-state index contributed by atoms with van der Waals surface area (Å²) in [4.78, 5) is 37.8. The maximum atomic E-state index is 11.6.